The number of unbranched alkanes of at least 4 members (excludes halogenated alkanes) is 2. The summed E-state index contributed by atoms with van der Waals surface area (Å²) in [5.74, 6) is 0.458. The molecule has 6 heteroatoms. The van der Waals surface area contributed by atoms with Gasteiger partial charge in [-0.1, -0.05) is 19.8 Å². The molecule has 2 rings (SSSR count). The Morgan fingerprint density at radius 3 is 2.21 bits per heavy atom. The fourth-order valence-corrected chi connectivity index (χ4v) is 5.76. The molecule has 1 heterocycles. The van der Waals surface area contributed by atoms with Crippen LogP contribution in [0.2, 0.25) is 0 Å². The van der Waals surface area contributed by atoms with Crippen molar-refractivity contribution < 1.29 is 13.2 Å². The van der Waals surface area contributed by atoms with Crippen molar-refractivity contribution >= 4 is 10.0 Å². The summed E-state index contributed by atoms with van der Waals surface area (Å²) < 4.78 is 35.4. The first kappa shape index (κ1) is 23.2. The molecule has 2 N–H and O–H groups in total. The summed E-state index contributed by atoms with van der Waals surface area (Å²) in [6.45, 7) is 15.1. The Morgan fingerprint density at radius 1 is 1.07 bits per heavy atom. The van der Waals surface area contributed by atoms with E-state index < -0.39 is 10.0 Å². The molecule has 0 aromatic heterocycles. The van der Waals surface area contributed by atoms with Gasteiger partial charge in [0.1, 0.15) is 10.6 Å². The lowest BCUT2D eigenvalue weighted by Crippen LogP contribution is -2.62. The van der Waals surface area contributed by atoms with Crippen LogP contribution in [0.3, 0.4) is 0 Å². The van der Waals surface area contributed by atoms with E-state index in [2.05, 4.69) is 44.7 Å². The van der Waals surface area contributed by atoms with Crippen LogP contribution in [0.25, 0.3) is 0 Å². The number of nitrogens with one attached hydrogen (secondary N) is 2. The summed E-state index contributed by atoms with van der Waals surface area (Å²) in [7, 11) is -3.68. The first-order valence-corrected chi connectivity index (χ1v) is 11.9. The number of aryl methyl sites for hydroxylation is 2. The third kappa shape index (κ3) is 6.19. The number of benzene rings is 1. The van der Waals surface area contributed by atoms with Crippen molar-refractivity contribution in [1.82, 2.24) is 10.0 Å². The van der Waals surface area contributed by atoms with E-state index in [4.69, 9.17) is 4.74 Å². The highest BCUT2D eigenvalue weighted by Crippen LogP contribution is 2.32. The van der Waals surface area contributed by atoms with Gasteiger partial charge in [0.15, 0.2) is 0 Å². The van der Waals surface area contributed by atoms with Crippen LogP contribution < -0.4 is 14.8 Å². The zero-order valence-electron chi connectivity index (χ0n) is 18.6. The van der Waals surface area contributed by atoms with Gasteiger partial charge in [-0.25, -0.2) is 13.1 Å². The van der Waals surface area contributed by atoms with Crippen LogP contribution in [-0.4, -0.2) is 32.1 Å². The fraction of sp³-hybridized carbons (Fsp3) is 0.727. The molecule has 0 atom stereocenters. The second kappa shape index (κ2) is 8.72. The summed E-state index contributed by atoms with van der Waals surface area (Å²) in [5.41, 5.74) is 1.73. The summed E-state index contributed by atoms with van der Waals surface area (Å²) in [6, 6.07) is 3.47. The lowest BCUT2D eigenvalue weighted by molar-refractivity contribution is 0.157. The van der Waals surface area contributed by atoms with Gasteiger partial charge in [0.05, 0.1) is 6.61 Å². The Bertz CT molecular complexity index is 769. The molecule has 1 saturated heterocycles. The van der Waals surface area contributed by atoms with Gasteiger partial charge in [0.2, 0.25) is 10.0 Å². The van der Waals surface area contributed by atoms with Crippen LogP contribution in [0.1, 0.15) is 77.8 Å². The largest absolute Gasteiger partial charge is 0.492 e. The average Bonchev–Trinajstić information content (AvgIpc) is 2.50. The monoisotopic (exact) mass is 410 g/mol. The topological polar surface area (TPSA) is 67.4 Å². The molecule has 160 valence electrons. The minimum atomic E-state index is -3.68. The Balaban J connectivity index is 2.27. The molecule has 28 heavy (non-hydrogen) atoms. The zero-order valence-corrected chi connectivity index (χ0v) is 19.4. The minimum absolute atomic E-state index is 0.120. The van der Waals surface area contributed by atoms with Gasteiger partial charge in [-0.2, -0.15) is 0 Å². The Kier molecular flexibility index (Phi) is 7.22. The Labute approximate surface area is 171 Å². The first-order valence-electron chi connectivity index (χ1n) is 10.4. The van der Waals surface area contributed by atoms with E-state index in [0.29, 0.717) is 12.4 Å². The normalized spacial score (nSPS) is 19.5. The number of piperidine rings is 1. The maximum Gasteiger partial charge on any atom is 0.244 e. The van der Waals surface area contributed by atoms with Gasteiger partial charge >= 0.3 is 0 Å². The molecular formula is C22H38N2O3S. The number of hydrogen-bond donors (Lipinski definition) is 2. The van der Waals surface area contributed by atoms with Crippen LogP contribution in [0, 0.1) is 13.8 Å². The van der Waals surface area contributed by atoms with Crippen molar-refractivity contribution in [2.45, 2.75) is 103 Å². The quantitative estimate of drug-likeness (QED) is 0.621. The van der Waals surface area contributed by atoms with E-state index in [0.717, 1.165) is 43.2 Å². The second-order valence-electron chi connectivity index (χ2n) is 9.56. The molecule has 1 aliphatic rings. The SMILES string of the molecule is CCCCCOc1cc(C)c(C)cc1S(=O)(=O)NC1CC(C)(C)NC(C)(C)C1. The second-order valence-corrected chi connectivity index (χ2v) is 11.2. The molecule has 1 aromatic rings. The van der Waals surface area contributed by atoms with Crippen molar-refractivity contribution in [1.29, 1.82) is 0 Å². The highest BCUT2D eigenvalue weighted by atomic mass is 32.2. The minimum Gasteiger partial charge on any atom is -0.492 e. The van der Waals surface area contributed by atoms with Gasteiger partial charge in [0, 0.05) is 17.1 Å². The van der Waals surface area contributed by atoms with Crippen LogP contribution in [0.5, 0.6) is 5.75 Å². The zero-order chi connectivity index (χ0) is 21.2. The standard InChI is InChI=1S/C22H38N2O3S/c1-8-9-10-11-27-19-12-16(2)17(3)13-20(19)28(25,26)23-18-14-21(4,5)24-22(6,7)15-18/h12-13,18,23-24H,8-11,14-15H2,1-7H3. The van der Waals surface area contributed by atoms with Crippen LogP contribution in [-0.2, 0) is 10.0 Å². The smallest absolute Gasteiger partial charge is 0.244 e. The molecule has 0 spiro atoms. The summed E-state index contributed by atoms with van der Waals surface area (Å²) in [6.07, 6.45) is 4.59. The molecule has 0 amide bonds. The third-order valence-corrected chi connectivity index (χ3v) is 6.91. The number of sulfonamides is 1. The van der Waals surface area contributed by atoms with Crippen LogP contribution in [0.15, 0.2) is 17.0 Å². The van der Waals surface area contributed by atoms with E-state index in [1.165, 1.54) is 0 Å². The molecular weight excluding hydrogens is 372 g/mol. The Morgan fingerprint density at radius 2 is 1.64 bits per heavy atom. The van der Waals surface area contributed by atoms with E-state index >= 15 is 0 Å². The summed E-state index contributed by atoms with van der Waals surface area (Å²) in [4.78, 5) is 0.251. The van der Waals surface area contributed by atoms with Crippen molar-refractivity contribution in [3.05, 3.63) is 23.3 Å². The number of ether oxygens (including phenoxy) is 1. The molecule has 0 bridgehead atoms. The van der Waals surface area contributed by atoms with Gasteiger partial charge in [0.25, 0.3) is 0 Å². The van der Waals surface area contributed by atoms with Crippen molar-refractivity contribution in [2.24, 2.45) is 0 Å². The summed E-state index contributed by atoms with van der Waals surface area (Å²) >= 11 is 0. The van der Waals surface area contributed by atoms with Crippen LogP contribution in [0.4, 0.5) is 0 Å². The van der Waals surface area contributed by atoms with E-state index in [1.807, 2.05) is 19.9 Å². The van der Waals surface area contributed by atoms with Crippen LogP contribution >= 0.6 is 0 Å². The molecule has 1 aromatic carbocycles. The predicted molar refractivity (Wildman–Crippen MR) is 116 cm³/mol. The maximum atomic E-state index is 13.3. The summed E-state index contributed by atoms with van der Waals surface area (Å²) in [5, 5.41) is 3.60. The third-order valence-electron chi connectivity index (χ3n) is 5.37. The van der Waals surface area contributed by atoms with Gasteiger partial charge in [-0.3, -0.25) is 0 Å². The van der Waals surface area contributed by atoms with Crippen molar-refractivity contribution in [3.63, 3.8) is 0 Å². The average molecular weight is 411 g/mol. The van der Waals surface area contributed by atoms with E-state index in [1.54, 1.807) is 6.07 Å². The fourth-order valence-electron chi connectivity index (χ4n) is 4.31. The lowest BCUT2D eigenvalue weighted by Gasteiger charge is -2.46. The first-order chi connectivity index (χ1) is 12.9. The highest BCUT2D eigenvalue weighted by Gasteiger charge is 2.39. The maximum absolute atomic E-state index is 13.3. The van der Waals surface area contributed by atoms with Gasteiger partial charge < -0.3 is 10.1 Å². The van der Waals surface area contributed by atoms with Gasteiger partial charge in [-0.15, -0.1) is 0 Å². The van der Waals surface area contributed by atoms with E-state index in [-0.39, 0.29) is 22.0 Å². The van der Waals surface area contributed by atoms with Crippen molar-refractivity contribution in [2.75, 3.05) is 6.61 Å². The predicted octanol–water partition coefficient (Wildman–Crippen LogP) is 4.46. The number of hydrogen-bond acceptors (Lipinski definition) is 4. The molecule has 0 radical (unpaired) electrons. The molecule has 0 unspecified atom stereocenters. The number of rotatable bonds is 8. The molecule has 5 nitrogen and oxygen atoms in total. The van der Waals surface area contributed by atoms with Gasteiger partial charge in [-0.05, 0) is 84.1 Å². The Hall–Kier alpha value is -1.11. The lowest BCUT2D eigenvalue weighted by atomic mass is 9.80. The molecule has 0 aliphatic carbocycles. The van der Waals surface area contributed by atoms with Crippen molar-refractivity contribution in [3.8, 4) is 5.75 Å². The van der Waals surface area contributed by atoms with E-state index in [9.17, 15) is 8.42 Å². The molecule has 1 aliphatic heterocycles. The molecule has 1 fully saturated rings. The highest BCUT2D eigenvalue weighted by molar-refractivity contribution is 7.89. The molecule has 0 saturated carbocycles.